The number of guanidine groups is 1. The molecule has 0 amide bonds. The van der Waals surface area contributed by atoms with Crippen LogP contribution in [0.1, 0.15) is 33.6 Å². The van der Waals surface area contributed by atoms with Crippen molar-refractivity contribution in [1.29, 1.82) is 0 Å². The smallest absolute Gasteiger partial charge is 0.191 e. The summed E-state index contributed by atoms with van der Waals surface area (Å²) in [5.41, 5.74) is 0. The van der Waals surface area contributed by atoms with Gasteiger partial charge < -0.3 is 25.0 Å². The topological polar surface area (TPSA) is 61.4 Å². The largest absolute Gasteiger partial charge is 0.381 e. The van der Waals surface area contributed by atoms with Crippen LogP contribution in [-0.4, -0.2) is 101 Å². The predicted octanol–water partition coefficient (Wildman–Crippen LogP) is 1.26. The zero-order valence-corrected chi connectivity index (χ0v) is 18.6. The Labute approximate surface area is 172 Å². The molecule has 0 aromatic carbocycles. The summed E-state index contributed by atoms with van der Waals surface area (Å²) in [6, 6.07) is 0.501. The van der Waals surface area contributed by atoms with Crippen LogP contribution in [0.25, 0.3) is 0 Å². The lowest BCUT2D eigenvalue weighted by molar-refractivity contribution is 0.0887. The molecule has 0 radical (unpaired) electrons. The fourth-order valence-corrected chi connectivity index (χ4v) is 3.77. The molecule has 2 aliphatic rings. The minimum Gasteiger partial charge on any atom is -0.381 e. The minimum absolute atomic E-state index is 0.501. The molecule has 0 aromatic rings. The first kappa shape index (κ1) is 23.4. The van der Waals surface area contributed by atoms with E-state index in [1.165, 1.54) is 0 Å². The summed E-state index contributed by atoms with van der Waals surface area (Å²) in [7, 11) is 2.21. The third-order valence-corrected chi connectivity index (χ3v) is 5.69. The summed E-state index contributed by atoms with van der Waals surface area (Å²) in [5.74, 6) is 2.11. The summed E-state index contributed by atoms with van der Waals surface area (Å²) in [6.07, 6.45) is 2.13. The van der Waals surface area contributed by atoms with Crippen LogP contribution in [-0.2, 0) is 9.47 Å². The van der Waals surface area contributed by atoms with E-state index in [1.807, 2.05) is 0 Å². The maximum atomic E-state index is 5.79. The van der Waals surface area contributed by atoms with E-state index < -0.39 is 0 Å². The van der Waals surface area contributed by atoms with Crippen LogP contribution in [0, 0.1) is 11.8 Å². The average molecular weight is 398 g/mol. The Morgan fingerprint density at radius 1 is 1.21 bits per heavy atom. The highest BCUT2D eigenvalue weighted by Crippen LogP contribution is 2.14. The van der Waals surface area contributed by atoms with Gasteiger partial charge in [-0.25, -0.2) is 0 Å². The first-order valence-corrected chi connectivity index (χ1v) is 11.2. The van der Waals surface area contributed by atoms with Gasteiger partial charge in [-0.05, 0) is 32.7 Å². The number of rotatable bonds is 11. The Bertz CT molecular complexity index is 433. The van der Waals surface area contributed by atoms with E-state index in [1.54, 1.807) is 0 Å². The van der Waals surface area contributed by atoms with E-state index in [4.69, 9.17) is 14.5 Å². The van der Waals surface area contributed by atoms with Crippen molar-refractivity contribution in [3.63, 3.8) is 0 Å². The fourth-order valence-electron chi connectivity index (χ4n) is 3.77. The highest BCUT2D eigenvalue weighted by Gasteiger charge is 2.24. The number of hydrogen-bond donors (Lipinski definition) is 2. The molecule has 2 heterocycles. The molecule has 0 bridgehead atoms. The Morgan fingerprint density at radius 2 is 2.00 bits per heavy atom. The third-order valence-electron chi connectivity index (χ3n) is 5.69. The van der Waals surface area contributed by atoms with Gasteiger partial charge in [0.1, 0.15) is 0 Å². The van der Waals surface area contributed by atoms with Crippen molar-refractivity contribution in [2.45, 2.75) is 39.7 Å². The summed E-state index contributed by atoms with van der Waals surface area (Å²) >= 11 is 0. The second kappa shape index (κ2) is 13.4. The molecule has 0 aliphatic carbocycles. The van der Waals surface area contributed by atoms with Gasteiger partial charge in [0, 0.05) is 64.4 Å². The van der Waals surface area contributed by atoms with Crippen LogP contribution in [0.15, 0.2) is 4.99 Å². The number of ether oxygens (including phenoxy) is 2. The molecule has 7 heteroatoms. The molecule has 2 unspecified atom stereocenters. The molecule has 2 atom stereocenters. The quantitative estimate of drug-likeness (QED) is 0.311. The van der Waals surface area contributed by atoms with Gasteiger partial charge in [-0.2, -0.15) is 0 Å². The molecular formula is C21H43N5O2. The highest BCUT2D eigenvalue weighted by atomic mass is 16.5. The van der Waals surface area contributed by atoms with Gasteiger partial charge in [0.05, 0.1) is 19.8 Å². The monoisotopic (exact) mass is 397 g/mol. The molecule has 2 fully saturated rings. The second-order valence-electron chi connectivity index (χ2n) is 8.46. The van der Waals surface area contributed by atoms with E-state index >= 15 is 0 Å². The lowest BCUT2D eigenvalue weighted by Crippen LogP contribution is -2.52. The van der Waals surface area contributed by atoms with Crippen molar-refractivity contribution in [3.8, 4) is 0 Å². The molecule has 7 nitrogen and oxygen atoms in total. The van der Waals surface area contributed by atoms with Gasteiger partial charge in [-0.1, -0.05) is 13.8 Å². The van der Waals surface area contributed by atoms with Crippen molar-refractivity contribution in [2.24, 2.45) is 16.8 Å². The molecule has 28 heavy (non-hydrogen) atoms. The maximum Gasteiger partial charge on any atom is 0.191 e. The SMILES string of the molecule is CCNC(=NCC(C(C)C)N1CCN(C)CC1)NCCCOCC1CCOC1. The van der Waals surface area contributed by atoms with Gasteiger partial charge in [0.25, 0.3) is 0 Å². The molecule has 0 aromatic heterocycles. The predicted molar refractivity (Wildman–Crippen MR) is 116 cm³/mol. The Balaban J connectivity index is 1.69. The van der Waals surface area contributed by atoms with Crippen LogP contribution < -0.4 is 10.6 Å². The fraction of sp³-hybridized carbons (Fsp3) is 0.952. The van der Waals surface area contributed by atoms with E-state index in [9.17, 15) is 0 Å². The summed E-state index contributed by atoms with van der Waals surface area (Å²) in [4.78, 5) is 9.91. The van der Waals surface area contributed by atoms with Crippen molar-refractivity contribution in [1.82, 2.24) is 20.4 Å². The Hall–Kier alpha value is -0.890. The van der Waals surface area contributed by atoms with Crippen molar-refractivity contribution < 1.29 is 9.47 Å². The molecule has 2 saturated heterocycles. The van der Waals surface area contributed by atoms with Gasteiger partial charge in [0.2, 0.25) is 0 Å². The summed E-state index contributed by atoms with van der Waals surface area (Å²) in [6.45, 7) is 17.3. The first-order chi connectivity index (χ1) is 13.6. The normalized spacial score (nSPS) is 23.3. The van der Waals surface area contributed by atoms with Crippen LogP contribution in [0.5, 0.6) is 0 Å². The number of piperazine rings is 1. The molecule has 164 valence electrons. The van der Waals surface area contributed by atoms with Gasteiger partial charge in [-0.3, -0.25) is 9.89 Å². The van der Waals surface area contributed by atoms with Crippen LogP contribution in [0.3, 0.4) is 0 Å². The van der Waals surface area contributed by atoms with Gasteiger partial charge in [-0.15, -0.1) is 0 Å². The van der Waals surface area contributed by atoms with E-state index in [2.05, 4.69) is 48.3 Å². The van der Waals surface area contributed by atoms with Crippen LogP contribution in [0.4, 0.5) is 0 Å². The number of nitrogens with zero attached hydrogens (tertiary/aromatic N) is 3. The van der Waals surface area contributed by atoms with Gasteiger partial charge in [0.15, 0.2) is 5.96 Å². The van der Waals surface area contributed by atoms with Crippen LogP contribution in [0.2, 0.25) is 0 Å². The second-order valence-corrected chi connectivity index (χ2v) is 8.46. The van der Waals surface area contributed by atoms with E-state index in [0.717, 1.165) is 91.0 Å². The lowest BCUT2D eigenvalue weighted by Gasteiger charge is -2.39. The van der Waals surface area contributed by atoms with Gasteiger partial charge >= 0.3 is 0 Å². The lowest BCUT2D eigenvalue weighted by atomic mass is 10.0. The minimum atomic E-state index is 0.501. The first-order valence-electron chi connectivity index (χ1n) is 11.2. The summed E-state index contributed by atoms with van der Waals surface area (Å²) in [5, 5.41) is 6.84. The molecule has 2 aliphatic heterocycles. The third kappa shape index (κ3) is 8.64. The molecule has 2 rings (SSSR count). The van der Waals surface area contributed by atoms with E-state index in [0.29, 0.717) is 17.9 Å². The average Bonchev–Trinajstić information content (AvgIpc) is 3.19. The van der Waals surface area contributed by atoms with Crippen molar-refractivity contribution in [3.05, 3.63) is 0 Å². The molecule has 2 N–H and O–H groups in total. The maximum absolute atomic E-state index is 5.79. The van der Waals surface area contributed by atoms with Crippen molar-refractivity contribution in [2.75, 3.05) is 79.3 Å². The molecule has 0 saturated carbocycles. The zero-order valence-electron chi connectivity index (χ0n) is 18.6. The summed E-state index contributed by atoms with van der Waals surface area (Å²) < 4.78 is 11.2. The number of aliphatic imine (C=N–C) groups is 1. The van der Waals surface area contributed by atoms with Crippen molar-refractivity contribution >= 4 is 5.96 Å². The number of likely N-dealkylation sites (N-methyl/N-ethyl adjacent to an activating group) is 1. The highest BCUT2D eigenvalue weighted by molar-refractivity contribution is 5.79. The molecular weight excluding hydrogens is 354 g/mol. The number of hydrogen-bond acceptors (Lipinski definition) is 5. The molecule has 0 spiro atoms. The van der Waals surface area contributed by atoms with E-state index in [-0.39, 0.29) is 0 Å². The zero-order chi connectivity index (χ0) is 20.2. The standard InChI is InChI=1S/C21H43N5O2/c1-5-22-21(23-8-6-13-27-16-19-7-14-28-17-19)24-15-20(18(2)3)26-11-9-25(4)10-12-26/h18-20H,5-17H2,1-4H3,(H2,22,23,24). The Morgan fingerprint density at radius 3 is 2.64 bits per heavy atom. The Kier molecular flexibility index (Phi) is 11.2. The van der Waals surface area contributed by atoms with Crippen LogP contribution >= 0.6 is 0 Å². The number of nitrogens with one attached hydrogen (secondary N) is 2.